The zero-order valence-electron chi connectivity index (χ0n) is 10.7. The smallest absolute Gasteiger partial charge is 0.225 e. The third-order valence-corrected chi connectivity index (χ3v) is 3.47. The van der Waals surface area contributed by atoms with Gasteiger partial charge < -0.3 is 5.32 Å². The maximum atomic E-state index is 12.0. The number of benzene rings is 1. The van der Waals surface area contributed by atoms with Crippen LogP contribution in [0.2, 0.25) is 0 Å². The van der Waals surface area contributed by atoms with E-state index in [9.17, 15) is 4.79 Å². The molecule has 2 aromatic rings. The number of rotatable bonds is 3. The Bertz CT molecular complexity index is 628. The molecule has 0 spiro atoms. The largest absolute Gasteiger partial charge is 0.324 e. The van der Waals surface area contributed by atoms with Gasteiger partial charge in [0.05, 0.1) is 11.2 Å². The molecule has 0 unspecified atom stereocenters. The van der Waals surface area contributed by atoms with Crippen molar-refractivity contribution in [3.63, 3.8) is 0 Å². The molecular formula is C16H16N2O. The molecule has 1 atom stereocenters. The second kappa shape index (κ2) is 5.22. The first-order valence-corrected chi connectivity index (χ1v) is 6.63. The highest BCUT2D eigenvalue weighted by molar-refractivity contribution is 6.00. The maximum absolute atomic E-state index is 12.0. The van der Waals surface area contributed by atoms with Crippen molar-refractivity contribution < 1.29 is 4.79 Å². The van der Waals surface area contributed by atoms with E-state index in [2.05, 4.69) is 22.5 Å². The summed E-state index contributed by atoms with van der Waals surface area (Å²) in [4.78, 5) is 16.4. The first-order valence-electron chi connectivity index (χ1n) is 6.63. The molecule has 0 bridgehead atoms. The number of carbonyl (C=O) groups is 1. The number of amides is 1. The zero-order chi connectivity index (χ0) is 13.1. The summed E-state index contributed by atoms with van der Waals surface area (Å²) in [5, 5.41) is 4.02. The number of carbonyl (C=O) groups excluding carboxylic acids is 1. The molecule has 3 rings (SSSR count). The Morgan fingerprint density at radius 3 is 3.05 bits per heavy atom. The quantitative estimate of drug-likeness (QED) is 0.849. The van der Waals surface area contributed by atoms with Crippen molar-refractivity contribution in [3.8, 4) is 0 Å². The predicted molar refractivity (Wildman–Crippen MR) is 76.9 cm³/mol. The monoisotopic (exact) mass is 252 g/mol. The summed E-state index contributed by atoms with van der Waals surface area (Å²) in [5.74, 6) is 0.456. The van der Waals surface area contributed by atoms with Gasteiger partial charge in [0.25, 0.3) is 0 Å². The van der Waals surface area contributed by atoms with Crippen LogP contribution in [0.4, 0.5) is 5.69 Å². The van der Waals surface area contributed by atoms with E-state index in [-0.39, 0.29) is 5.91 Å². The summed E-state index contributed by atoms with van der Waals surface area (Å²) in [7, 11) is 0. The third kappa shape index (κ3) is 2.65. The van der Waals surface area contributed by atoms with Crippen LogP contribution in [0.15, 0.2) is 48.7 Å². The van der Waals surface area contributed by atoms with E-state index in [0.29, 0.717) is 12.3 Å². The maximum Gasteiger partial charge on any atom is 0.225 e. The average Bonchev–Trinajstić information content (AvgIpc) is 2.92. The Balaban J connectivity index is 1.77. The van der Waals surface area contributed by atoms with Crippen molar-refractivity contribution in [1.29, 1.82) is 0 Å². The van der Waals surface area contributed by atoms with Gasteiger partial charge in [-0.1, -0.05) is 30.4 Å². The van der Waals surface area contributed by atoms with E-state index in [0.717, 1.165) is 29.4 Å². The van der Waals surface area contributed by atoms with E-state index < -0.39 is 0 Å². The predicted octanol–water partition coefficient (Wildman–Crippen LogP) is 3.53. The van der Waals surface area contributed by atoms with Crippen LogP contribution in [0, 0.1) is 5.92 Å². The number of nitrogens with zero attached hydrogens (tertiary/aromatic N) is 1. The van der Waals surface area contributed by atoms with Crippen molar-refractivity contribution in [2.75, 3.05) is 5.32 Å². The SMILES string of the molecule is O=C(C[C@@H]1C=CCC1)Nc1cccc2cccnc12. The second-order valence-corrected chi connectivity index (χ2v) is 4.90. The van der Waals surface area contributed by atoms with Crippen LogP contribution in [0.25, 0.3) is 10.9 Å². The lowest BCUT2D eigenvalue weighted by Crippen LogP contribution is -2.15. The van der Waals surface area contributed by atoms with Crippen LogP contribution in [-0.4, -0.2) is 10.9 Å². The van der Waals surface area contributed by atoms with Crippen molar-refractivity contribution in [1.82, 2.24) is 4.98 Å². The lowest BCUT2D eigenvalue weighted by molar-refractivity contribution is -0.116. The summed E-state index contributed by atoms with van der Waals surface area (Å²) in [5.41, 5.74) is 1.64. The molecule has 0 radical (unpaired) electrons. The van der Waals surface area contributed by atoms with Gasteiger partial charge in [0, 0.05) is 18.0 Å². The van der Waals surface area contributed by atoms with Gasteiger partial charge in [0.1, 0.15) is 0 Å². The van der Waals surface area contributed by atoms with Gasteiger partial charge in [-0.25, -0.2) is 0 Å². The second-order valence-electron chi connectivity index (χ2n) is 4.90. The molecule has 96 valence electrons. The fourth-order valence-corrected chi connectivity index (χ4v) is 2.51. The summed E-state index contributed by atoms with van der Waals surface area (Å²) in [6, 6.07) is 9.74. The molecule has 1 aliphatic carbocycles. The van der Waals surface area contributed by atoms with Gasteiger partial charge in [-0.3, -0.25) is 9.78 Å². The number of nitrogens with one attached hydrogen (secondary N) is 1. The van der Waals surface area contributed by atoms with Crippen LogP contribution in [-0.2, 0) is 4.79 Å². The van der Waals surface area contributed by atoms with Gasteiger partial charge >= 0.3 is 0 Å². The van der Waals surface area contributed by atoms with E-state index in [4.69, 9.17) is 0 Å². The first kappa shape index (κ1) is 11.9. The summed E-state index contributed by atoms with van der Waals surface area (Å²) in [6.07, 6.45) is 8.77. The first-order chi connectivity index (χ1) is 9.33. The van der Waals surface area contributed by atoms with Gasteiger partial charge in [0.2, 0.25) is 5.91 Å². The van der Waals surface area contributed by atoms with Crippen molar-refractivity contribution in [2.45, 2.75) is 19.3 Å². The van der Waals surface area contributed by atoms with Crippen LogP contribution < -0.4 is 5.32 Å². The molecule has 1 aliphatic rings. The fourth-order valence-electron chi connectivity index (χ4n) is 2.51. The van der Waals surface area contributed by atoms with E-state index in [1.807, 2.05) is 30.3 Å². The minimum absolute atomic E-state index is 0.0645. The number of allylic oxidation sites excluding steroid dienone is 2. The third-order valence-electron chi connectivity index (χ3n) is 3.47. The molecule has 0 saturated carbocycles. The highest BCUT2D eigenvalue weighted by Crippen LogP contribution is 2.23. The lowest BCUT2D eigenvalue weighted by atomic mass is 10.0. The molecular weight excluding hydrogens is 236 g/mol. The number of anilines is 1. The minimum atomic E-state index is 0.0645. The van der Waals surface area contributed by atoms with E-state index in [1.165, 1.54) is 0 Å². The van der Waals surface area contributed by atoms with Crippen LogP contribution in [0.1, 0.15) is 19.3 Å². The molecule has 3 nitrogen and oxygen atoms in total. The highest BCUT2D eigenvalue weighted by atomic mass is 16.1. The number of hydrogen-bond donors (Lipinski definition) is 1. The van der Waals surface area contributed by atoms with Crippen LogP contribution in [0.3, 0.4) is 0 Å². The van der Waals surface area contributed by atoms with Crippen molar-refractivity contribution in [2.24, 2.45) is 5.92 Å². The number of aromatic nitrogens is 1. The molecule has 1 aromatic heterocycles. The molecule has 19 heavy (non-hydrogen) atoms. The molecule has 1 amide bonds. The molecule has 1 heterocycles. The molecule has 1 aromatic carbocycles. The summed E-state index contributed by atoms with van der Waals surface area (Å²) < 4.78 is 0. The zero-order valence-corrected chi connectivity index (χ0v) is 10.7. The lowest BCUT2D eigenvalue weighted by Gasteiger charge is -2.10. The van der Waals surface area contributed by atoms with Crippen LogP contribution >= 0.6 is 0 Å². The number of hydrogen-bond acceptors (Lipinski definition) is 2. The number of para-hydroxylation sites is 1. The van der Waals surface area contributed by atoms with Gasteiger partial charge in [0.15, 0.2) is 0 Å². The Hall–Kier alpha value is -2.16. The highest BCUT2D eigenvalue weighted by Gasteiger charge is 2.14. The normalized spacial score (nSPS) is 17.8. The van der Waals surface area contributed by atoms with Gasteiger partial charge in [-0.15, -0.1) is 0 Å². The Morgan fingerprint density at radius 2 is 2.21 bits per heavy atom. The molecule has 0 saturated heterocycles. The fraction of sp³-hybridized carbons (Fsp3) is 0.250. The van der Waals surface area contributed by atoms with Crippen molar-refractivity contribution >= 4 is 22.5 Å². The van der Waals surface area contributed by atoms with Gasteiger partial charge in [-0.2, -0.15) is 0 Å². The molecule has 0 aliphatic heterocycles. The molecule has 0 fully saturated rings. The Labute approximate surface area is 112 Å². The standard InChI is InChI=1S/C16H16N2O/c19-15(11-12-5-1-2-6-12)18-14-9-3-7-13-8-4-10-17-16(13)14/h1,3-5,7-10,12H,2,6,11H2,(H,18,19)/t12-/m1/s1. The number of pyridine rings is 1. The Kier molecular flexibility index (Phi) is 3.27. The van der Waals surface area contributed by atoms with Gasteiger partial charge in [-0.05, 0) is 30.9 Å². The topological polar surface area (TPSA) is 42.0 Å². The van der Waals surface area contributed by atoms with E-state index in [1.54, 1.807) is 6.20 Å². The van der Waals surface area contributed by atoms with Crippen molar-refractivity contribution in [3.05, 3.63) is 48.7 Å². The summed E-state index contributed by atoms with van der Waals surface area (Å²) in [6.45, 7) is 0. The average molecular weight is 252 g/mol. The number of fused-ring (bicyclic) bond motifs is 1. The summed E-state index contributed by atoms with van der Waals surface area (Å²) >= 11 is 0. The molecule has 1 N–H and O–H groups in total. The van der Waals surface area contributed by atoms with Crippen LogP contribution in [0.5, 0.6) is 0 Å². The Morgan fingerprint density at radius 1 is 1.32 bits per heavy atom. The minimum Gasteiger partial charge on any atom is -0.324 e. The van der Waals surface area contributed by atoms with E-state index >= 15 is 0 Å². The molecule has 3 heteroatoms.